The highest BCUT2D eigenvalue weighted by atomic mass is 16.5. The highest BCUT2D eigenvalue weighted by molar-refractivity contribution is 5.95. The van der Waals surface area contributed by atoms with E-state index in [1.54, 1.807) is 18.0 Å². The van der Waals surface area contributed by atoms with E-state index < -0.39 is 6.04 Å². The number of aliphatic hydroxyl groups excluding tert-OH is 1. The van der Waals surface area contributed by atoms with E-state index in [4.69, 9.17) is 9.47 Å². The lowest BCUT2D eigenvalue weighted by Crippen LogP contribution is -2.58. The number of hydrogen-bond acceptors (Lipinski definition) is 8. The van der Waals surface area contributed by atoms with Crippen molar-refractivity contribution in [2.75, 3.05) is 32.8 Å². The quantitative estimate of drug-likeness (QED) is 0.436. The number of likely N-dealkylation sites (tertiary alicyclic amines) is 1. The molecule has 244 valence electrons. The Hall–Kier alpha value is -4.35. The minimum atomic E-state index is -0.520. The van der Waals surface area contributed by atoms with Gasteiger partial charge in [0.2, 0.25) is 11.8 Å². The van der Waals surface area contributed by atoms with Crippen molar-refractivity contribution in [2.45, 2.75) is 71.1 Å². The summed E-state index contributed by atoms with van der Waals surface area (Å²) in [6.07, 6.45) is 2.78. The SMILES string of the molecule is Cc1nc(C(C)C)ncc1C(=O)N1CC[C@@H]2OCc3cccc(c3)Oc3ccc(cc3)CCC(=O)N(CCCO)CC(=O)N[C@H]2C1. The van der Waals surface area contributed by atoms with Gasteiger partial charge >= 0.3 is 0 Å². The third-order valence-electron chi connectivity index (χ3n) is 8.35. The molecule has 2 N–H and O–H groups in total. The number of fused-ring (bicyclic) bond motifs is 9. The minimum absolute atomic E-state index is 0.0928. The number of aromatic nitrogens is 2. The highest BCUT2D eigenvalue weighted by Crippen LogP contribution is 2.25. The highest BCUT2D eigenvalue weighted by Gasteiger charge is 2.35. The van der Waals surface area contributed by atoms with Crippen molar-refractivity contribution in [1.29, 1.82) is 0 Å². The summed E-state index contributed by atoms with van der Waals surface area (Å²) in [4.78, 5) is 52.5. The van der Waals surface area contributed by atoms with Crippen LogP contribution >= 0.6 is 0 Å². The number of carbonyl (C=O) groups excluding carboxylic acids is 3. The molecule has 0 radical (unpaired) electrons. The van der Waals surface area contributed by atoms with Gasteiger partial charge in [0.1, 0.15) is 17.3 Å². The molecule has 0 spiro atoms. The summed E-state index contributed by atoms with van der Waals surface area (Å²) in [5.74, 6) is 1.45. The molecule has 3 aliphatic rings. The smallest absolute Gasteiger partial charge is 0.257 e. The molecule has 1 aromatic heterocycles. The Morgan fingerprint density at radius 1 is 1.09 bits per heavy atom. The molecule has 46 heavy (non-hydrogen) atoms. The fourth-order valence-corrected chi connectivity index (χ4v) is 5.75. The van der Waals surface area contributed by atoms with Crippen molar-refractivity contribution < 1.29 is 29.0 Å². The Morgan fingerprint density at radius 2 is 1.89 bits per heavy atom. The molecule has 4 bridgehead atoms. The summed E-state index contributed by atoms with van der Waals surface area (Å²) >= 11 is 0. The number of rotatable bonds is 5. The van der Waals surface area contributed by atoms with Crippen molar-refractivity contribution >= 4 is 17.7 Å². The van der Waals surface area contributed by atoms with Crippen LogP contribution in [0.15, 0.2) is 54.7 Å². The van der Waals surface area contributed by atoms with Gasteiger partial charge in [-0.05, 0) is 61.6 Å². The Morgan fingerprint density at radius 3 is 2.63 bits per heavy atom. The number of benzene rings is 2. The van der Waals surface area contributed by atoms with Gasteiger partial charge < -0.3 is 29.7 Å². The first-order chi connectivity index (χ1) is 22.2. The summed E-state index contributed by atoms with van der Waals surface area (Å²) < 4.78 is 12.5. The molecule has 3 aromatic rings. The second kappa shape index (κ2) is 15.3. The summed E-state index contributed by atoms with van der Waals surface area (Å²) in [7, 11) is 0. The van der Waals surface area contributed by atoms with Crippen molar-refractivity contribution in [3.8, 4) is 11.5 Å². The fraction of sp³-hybridized carbons (Fsp3) is 0.457. The summed E-state index contributed by atoms with van der Waals surface area (Å²) in [6, 6.07) is 14.8. The maximum absolute atomic E-state index is 13.7. The molecule has 0 unspecified atom stereocenters. The maximum atomic E-state index is 13.7. The molecule has 6 rings (SSSR count). The van der Waals surface area contributed by atoms with Crippen LogP contribution in [0.1, 0.15) is 72.0 Å². The molecule has 0 saturated carbocycles. The van der Waals surface area contributed by atoms with Crippen LogP contribution in [0.5, 0.6) is 11.5 Å². The van der Waals surface area contributed by atoms with Gasteiger partial charge in [0.05, 0.1) is 36.6 Å². The van der Waals surface area contributed by atoms with Crippen molar-refractivity contribution in [2.24, 2.45) is 0 Å². The largest absolute Gasteiger partial charge is 0.457 e. The molecule has 1 saturated heterocycles. The van der Waals surface area contributed by atoms with E-state index in [-0.39, 0.29) is 69.0 Å². The second-order valence-electron chi connectivity index (χ2n) is 12.2. The van der Waals surface area contributed by atoms with E-state index in [2.05, 4.69) is 15.3 Å². The topological polar surface area (TPSA) is 134 Å². The summed E-state index contributed by atoms with van der Waals surface area (Å²) in [6.45, 7) is 6.76. The first kappa shape index (κ1) is 33.0. The minimum Gasteiger partial charge on any atom is -0.457 e. The van der Waals surface area contributed by atoms with E-state index >= 15 is 0 Å². The van der Waals surface area contributed by atoms with E-state index in [0.717, 1.165) is 11.1 Å². The number of nitrogens with zero attached hydrogens (tertiary/aromatic N) is 4. The predicted octanol–water partition coefficient (Wildman–Crippen LogP) is 3.77. The molecule has 11 nitrogen and oxygen atoms in total. The zero-order chi connectivity index (χ0) is 32.6. The van der Waals surface area contributed by atoms with E-state index in [1.807, 2.05) is 62.4 Å². The predicted molar refractivity (Wildman–Crippen MR) is 171 cm³/mol. The molecular formula is C35H43N5O6. The van der Waals surface area contributed by atoms with Crippen LogP contribution in [0.25, 0.3) is 0 Å². The first-order valence-corrected chi connectivity index (χ1v) is 16.0. The molecule has 2 aromatic carbocycles. The zero-order valence-corrected chi connectivity index (χ0v) is 26.8. The number of carbonyl (C=O) groups is 3. The van der Waals surface area contributed by atoms with E-state index in [9.17, 15) is 19.5 Å². The average molecular weight is 630 g/mol. The van der Waals surface area contributed by atoms with Crippen LogP contribution in [0.4, 0.5) is 0 Å². The van der Waals surface area contributed by atoms with Gasteiger partial charge in [-0.2, -0.15) is 0 Å². The third kappa shape index (κ3) is 8.46. The van der Waals surface area contributed by atoms with Crippen LogP contribution in [-0.4, -0.2) is 87.5 Å². The molecule has 4 heterocycles. The number of amides is 3. The average Bonchev–Trinajstić information content (AvgIpc) is 3.05. The normalized spacial score (nSPS) is 19.5. The van der Waals surface area contributed by atoms with Crippen LogP contribution in [-0.2, 0) is 27.4 Å². The monoisotopic (exact) mass is 629 g/mol. The lowest BCUT2D eigenvalue weighted by molar-refractivity contribution is -0.137. The van der Waals surface area contributed by atoms with E-state index in [1.165, 1.54) is 4.90 Å². The second-order valence-corrected chi connectivity index (χ2v) is 12.2. The van der Waals surface area contributed by atoms with E-state index in [0.29, 0.717) is 54.4 Å². The zero-order valence-electron chi connectivity index (χ0n) is 26.8. The standard InChI is InChI=1S/C35H43N5O6/c1-23(2)34-36-19-29(24(3)37-34)35(44)40-16-14-31-30(20-40)38-32(42)21-39(15-5-17-41)33(43)13-10-25-8-11-27(12-9-25)46-28-7-4-6-26(18-28)22-45-31/h4,6-9,11-12,18-19,23,30-31,41H,5,10,13-17,20-22H2,1-3H3,(H,38,42)/t30-,31-/m0/s1. The van der Waals surface area contributed by atoms with Crippen LogP contribution in [0, 0.1) is 6.92 Å². The maximum Gasteiger partial charge on any atom is 0.257 e. The Labute approximate surface area is 269 Å². The Balaban J connectivity index is 1.38. The van der Waals surface area contributed by atoms with Gasteiger partial charge in [0.25, 0.3) is 5.91 Å². The van der Waals surface area contributed by atoms with Crippen molar-refractivity contribution in [3.63, 3.8) is 0 Å². The first-order valence-electron chi connectivity index (χ1n) is 16.0. The van der Waals surface area contributed by atoms with Crippen LogP contribution in [0.3, 0.4) is 0 Å². The lowest BCUT2D eigenvalue weighted by atomic mass is 10.0. The third-order valence-corrected chi connectivity index (χ3v) is 8.35. The Kier molecular flexibility index (Phi) is 11.0. The van der Waals surface area contributed by atoms with Crippen molar-refractivity contribution in [1.82, 2.24) is 25.1 Å². The molecule has 3 aliphatic heterocycles. The molecule has 11 heteroatoms. The van der Waals surface area contributed by atoms with Gasteiger partial charge in [-0.3, -0.25) is 14.4 Å². The van der Waals surface area contributed by atoms with Gasteiger partial charge in [0.15, 0.2) is 0 Å². The number of aryl methyl sites for hydroxylation is 2. The number of piperidine rings is 1. The molecular weight excluding hydrogens is 586 g/mol. The van der Waals surface area contributed by atoms with Crippen LogP contribution < -0.4 is 10.1 Å². The number of ether oxygens (including phenoxy) is 2. The molecule has 3 amide bonds. The fourth-order valence-electron chi connectivity index (χ4n) is 5.75. The van der Waals surface area contributed by atoms with Gasteiger partial charge in [-0.25, -0.2) is 9.97 Å². The summed E-state index contributed by atoms with van der Waals surface area (Å²) in [5, 5.41) is 12.5. The number of aliphatic hydroxyl groups is 1. The molecule has 0 aliphatic carbocycles. The Bertz CT molecular complexity index is 1530. The van der Waals surface area contributed by atoms with Gasteiger partial charge in [-0.15, -0.1) is 0 Å². The van der Waals surface area contributed by atoms with Crippen LogP contribution in [0.2, 0.25) is 0 Å². The lowest BCUT2D eigenvalue weighted by Gasteiger charge is -2.39. The number of nitrogens with one attached hydrogen (secondary N) is 1. The molecule has 2 atom stereocenters. The van der Waals surface area contributed by atoms with Gasteiger partial charge in [-0.1, -0.05) is 38.1 Å². The van der Waals surface area contributed by atoms with Gasteiger partial charge in [0, 0.05) is 44.8 Å². The van der Waals surface area contributed by atoms with Crippen molar-refractivity contribution in [3.05, 3.63) is 82.9 Å². The molecule has 1 fully saturated rings. The number of hydrogen-bond donors (Lipinski definition) is 2. The summed E-state index contributed by atoms with van der Waals surface area (Å²) in [5.41, 5.74) is 2.93.